The zero-order valence-electron chi connectivity index (χ0n) is 11.1. The molecular formula is C15H20O2. The van der Waals surface area contributed by atoms with Crippen LogP contribution in [0.3, 0.4) is 0 Å². The highest BCUT2D eigenvalue weighted by molar-refractivity contribution is 6.19. The molecule has 0 aliphatic heterocycles. The highest BCUT2D eigenvalue weighted by Gasteiger charge is 2.72. The van der Waals surface area contributed by atoms with E-state index in [-0.39, 0.29) is 17.0 Å². The van der Waals surface area contributed by atoms with Crippen LogP contribution in [0.5, 0.6) is 0 Å². The van der Waals surface area contributed by atoms with Gasteiger partial charge in [-0.15, -0.1) is 0 Å². The van der Waals surface area contributed by atoms with Crippen molar-refractivity contribution in [1.82, 2.24) is 0 Å². The molecule has 0 aromatic heterocycles. The monoisotopic (exact) mass is 232 g/mol. The molecule has 0 heterocycles. The van der Waals surface area contributed by atoms with Crippen LogP contribution in [0, 0.1) is 22.7 Å². The number of hydrogen-bond acceptors (Lipinski definition) is 2. The molecule has 3 rings (SSSR count). The number of carbonyl (C=O) groups excluding carboxylic acids is 2. The summed E-state index contributed by atoms with van der Waals surface area (Å²) in [5.41, 5.74) is 1.23. The van der Waals surface area contributed by atoms with Gasteiger partial charge in [0.2, 0.25) is 0 Å². The Morgan fingerprint density at radius 2 is 1.88 bits per heavy atom. The summed E-state index contributed by atoms with van der Waals surface area (Å²) in [7, 11) is 0. The smallest absolute Gasteiger partial charge is 0.172 e. The maximum Gasteiger partial charge on any atom is 0.172 e. The molecule has 92 valence electrons. The lowest BCUT2D eigenvalue weighted by atomic mass is 9.62. The zero-order chi connectivity index (χ0) is 12.6. The Labute approximate surface area is 102 Å². The molecular weight excluding hydrogens is 212 g/mol. The number of rotatable bonds is 0. The minimum absolute atomic E-state index is 0.108. The Kier molecular flexibility index (Phi) is 1.91. The largest absolute Gasteiger partial charge is 0.299 e. The van der Waals surface area contributed by atoms with Crippen LogP contribution in [0.4, 0.5) is 0 Å². The summed E-state index contributed by atoms with van der Waals surface area (Å²) in [5.74, 6) is 1.28. The van der Waals surface area contributed by atoms with Gasteiger partial charge in [-0.2, -0.15) is 0 Å². The van der Waals surface area contributed by atoms with E-state index in [0.29, 0.717) is 18.3 Å². The SMILES string of the molecule is CC1=C(C)C23CCC(C)C2CC(=O)C3(C)C1=O. The molecule has 2 heteroatoms. The molecule has 3 aliphatic rings. The van der Waals surface area contributed by atoms with E-state index in [1.54, 1.807) is 0 Å². The molecule has 3 aliphatic carbocycles. The van der Waals surface area contributed by atoms with Crippen molar-refractivity contribution in [2.24, 2.45) is 22.7 Å². The Morgan fingerprint density at radius 1 is 1.24 bits per heavy atom. The van der Waals surface area contributed by atoms with Crippen LogP contribution in [-0.4, -0.2) is 11.6 Å². The first-order valence-electron chi connectivity index (χ1n) is 6.63. The molecule has 0 aromatic carbocycles. The van der Waals surface area contributed by atoms with Gasteiger partial charge >= 0.3 is 0 Å². The predicted octanol–water partition coefficient (Wildman–Crippen LogP) is 2.92. The van der Waals surface area contributed by atoms with E-state index >= 15 is 0 Å². The fraction of sp³-hybridized carbons (Fsp3) is 0.733. The van der Waals surface area contributed by atoms with Crippen LogP contribution < -0.4 is 0 Å². The fourth-order valence-corrected chi connectivity index (χ4v) is 5.03. The van der Waals surface area contributed by atoms with Gasteiger partial charge in [0.15, 0.2) is 5.78 Å². The fourth-order valence-electron chi connectivity index (χ4n) is 5.03. The van der Waals surface area contributed by atoms with E-state index in [0.717, 1.165) is 18.4 Å². The van der Waals surface area contributed by atoms with Gasteiger partial charge in [-0.25, -0.2) is 0 Å². The first kappa shape index (κ1) is 11.2. The maximum atomic E-state index is 12.5. The number of Topliss-reactive ketones (excluding diaryl/α,β-unsaturated/α-hetero) is 2. The average Bonchev–Trinajstić information content (AvgIpc) is 2.79. The van der Waals surface area contributed by atoms with Crippen molar-refractivity contribution in [2.75, 3.05) is 0 Å². The predicted molar refractivity (Wildman–Crippen MR) is 65.4 cm³/mol. The summed E-state index contributed by atoms with van der Waals surface area (Å²) in [5, 5.41) is 0. The third kappa shape index (κ3) is 0.882. The molecule has 0 bridgehead atoms. The van der Waals surface area contributed by atoms with Crippen molar-refractivity contribution < 1.29 is 9.59 Å². The van der Waals surface area contributed by atoms with Crippen molar-refractivity contribution in [2.45, 2.75) is 47.0 Å². The first-order valence-corrected chi connectivity index (χ1v) is 6.63. The lowest BCUT2D eigenvalue weighted by Crippen LogP contribution is -2.42. The molecule has 17 heavy (non-hydrogen) atoms. The second kappa shape index (κ2) is 2.90. The summed E-state index contributed by atoms with van der Waals surface area (Å²) in [6.45, 7) is 8.14. The first-order chi connectivity index (χ1) is 7.87. The second-order valence-electron chi connectivity index (χ2n) is 6.43. The van der Waals surface area contributed by atoms with Gasteiger partial charge < -0.3 is 0 Å². The third-order valence-electron chi connectivity index (χ3n) is 6.20. The zero-order valence-corrected chi connectivity index (χ0v) is 11.1. The molecule has 2 saturated carbocycles. The average molecular weight is 232 g/mol. The van der Waals surface area contributed by atoms with E-state index in [9.17, 15) is 9.59 Å². The van der Waals surface area contributed by atoms with E-state index in [2.05, 4.69) is 13.8 Å². The van der Waals surface area contributed by atoms with Crippen molar-refractivity contribution >= 4 is 11.6 Å². The molecule has 2 nitrogen and oxygen atoms in total. The number of allylic oxidation sites excluding steroid dienone is 2. The summed E-state index contributed by atoms with van der Waals surface area (Å²) >= 11 is 0. The normalized spacial score (nSPS) is 48.9. The number of hydrogen-bond donors (Lipinski definition) is 0. The van der Waals surface area contributed by atoms with Gasteiger partial charge in [0, 0.05) is 11.8 Å². The maximum absolute atomic E-state index is 12.5. The Morgan fingerprint density at radius 3 is 2.53 bits per heavy atom. The van der Waals surface area contributed by atoms with Crippen LogP contribution in [-0.2, 0) is 9.59 Å². The summed E-state index contributed by atoms with van der Waals surface area (Å²) in [6, 6.07) is 0. The van der Waals surface area contributed by atoms with Gasteiger partial charge in [-0.1, -0.05) is 12.5 Å². The summed E-state index contributed by atoms with van der Waals surface area (Å²) < 4.78 is 0. The lowest BCUT2D eigenvalue weighted by Gasteiger charge is -2.37. The summed E-state index contributed by atoms with van der Waals surface area (Å²) in [4.78, 5) is 24.9. The highest BCUT2D eigenvalue weighted by Crippen LogP contribution is 2.71. The Hall–Kier alpha value is -0.920. The number of carbonyl (C=O) groups is 2. The van der Waals surface area contributed by atoms with Crippen LogP contribution in [0.25, 0.3) is 0 Å². The van der Waals surface area contributed by atoms with Gasteiger partial charge in [-0.3, -0.25) is 9.59 Å². The van der Waals surface area contributed by atoms with Crippen molar-refractivity contribution in [3.63, 3.8) is 0 Å². The van der Waals surface area contributed by atoms with E-state index in [4.69, 9.17) is 0 Å². The molecule has 0 radical (unpaired) electrons. The molecule has 0 N–H and O–H groups in total. The number of ketones is 2. The van der Waals surface area contributed by atoms with E-state index in [1.165, 1.54) is 5.57 Å². The Balaban J connectivity index is 2.28. The van der Waals surface area contributed by atoms with E-state index in [1.807, 2.05) is 13.8 Å². The van der Waals surface area contributed by atoms with Gasteiger partial charge in [0.1, 0.15) is 5.78 Å². The van der Waals surface area contributed by atoms with Gasteiger partial charge in [0.05, 0.1) is 5.41 Å². The van der Waals surface area contributed by atoms with Gasteiger partial charge in [0.25, 0.3) is 0 Å². The molecule has 0 aromatic rings. The molecule has 0 amide bonds. The quantitative estimate of drug-likeness (QED) is 0.602. The van der Waals surface area contributed by atoms with Crippen molar-refractivity contribution in [1.29, 1.82) is 0 Å². The van der Waals surface area contributed by atoms with E-state index < -0.39 is 5.41 Å². The third-order valence-corrected chi connectivity index (χ3v) is 6.20. The standard InChI is InChI=1S/C15H20O2/c1-8-5-6-15-10(3)9(2)13(17)14(15,4)12(16)7-11(8)15/h8,11H,5-7H2,1-4H3. The summed E-state index contributed by atoms with van der Waals surface area (Å²) in [6.07, 6.45) is 2.80. The highest BCUT2D eigenvalue weighted by atomic mass is 16.2. The lowest BCUT2D eigenvalue weighted by molar-refractivity contribution is -0.138. The second-order valence-corrected chi connectivity index (χ2v) is 6.43. The minimum atomic E-state index is -0.726. The van der Waals surface area contributed by atoms with Crippen LogP contribution in [0.2, 0.25) is 0 Å². The minimum Gasteiger partial charge on any atom is -0.299 e. The van der Waals surface area contributed by atoms with Crippen LogP contribution >= 0.6 is 0 Å². The molecule has 4 unspecified atom stereocenters. The molecule has 2 fully saturated rings. The van der Waals surface area contributed by atoms with Crippen molar-refractivity contribution in [3.8, 4) is 0 Å². The molecule has 0 saturated heterocycles. The molecule has 4 atom stereocenters. The van der Waals surface area contributed by atoms with Crippen molar-refractivity contribution in [3.05, 3.63) is 11.1 Å². The molecule has 1 spiro atoms. The van der Waals surface area contributed by atoms with Gasteiger partial charge in [-0.05, 0) is 51.0 Å². The Bertz CT molecular complexity index is 473. The van der Waals surface area contributed by atoms with Crippen LogP contribution in [0.1, 0.15) is 47.0 Å². The topological polar surface area (TPSA) is 34.1 Å². The van der Waals surface area contributed by atoms with Crippen LogP contribution in [0.15, 0.2) is 11.1 Å².